The largest absolute Gasteiger partial charge is 0.354 e. The highest BCUT2D eigenvalue weighted by Crippen LogP contribution is 2.29. The quantitative estimate of drug-likeness (QED) is 0.435. The highest BCUT2D eigenvalue weighted by molar-refractivity contribution is 6.02. The lowest BCUT2D eigenvalue weighted by atomic mass is 9.97. The molecular weight excluding hydrogens is 404 g/mol. The number of pyridine rings is 1. The van der Waals surface area contributed by atoms with E-state index in [-0.39, 0.29) is 11.0 Å². The summed E-state index contributed by atoms with van der Waals surface area (Å²) in [5.41, 5.74) is 3.21. The van der Waals surface area contributed by atoms with E-state index in [1.54, 1.807) is 18.5 Å². The molecule has 0 radical (unpaired) electrons. The fourth-order valence-electron chi connectivity index (χ4n) is 3.16. The number of alkyl halides is 2. The van der Waals surface area contributed by atoms with Gasteiger partial charge < -0.3 is 15.6 Å². The molecule has 0 fully saturated rings. The van der Waals surface area contributed by atoms with Gasteiger partial charge >= 0.3 is 0 Å². The highest BCUT2D eigenvalue weighted by atomic mass is 19.3. The maximum Gasteiger partial charge on any atom is 0.255 e. The van der Waals surface area contributed by atoms with Crippen LogP contribution in [0.2, 0.25) is 0 Å². The monoisotopic (exact) mass is 427 g/mol. The maximum absolute atomic E-state index is 12.4. The number of rotatable bonds is 6. The second-order valence-electron chi connectivity index (χ2n) is 8.48. The summed E-state index contributed by atoms with van der Waals surface area (Å²) < 4.78 is 26.4. The van der Waals surface area contributed by atoms with Crippen LogP contribution >= 0.6 is 0 Å². The summed E-state index contributed by atoms with van der Waals surface area (Å²) in [4.78, 5) is 24.4. The minimum absolute atomic E-state index is 0.0964. The topological polar surface area (TPSA) is 100 Å². The second kappa shape index (κ2) is 7.93. The van der Waals surface area contributed by atoms with Crippen molar-refractivity contribution in [1.82, 2.24) is 29.9 Å². The van der Waals surface area contributed by atoms with Gasteiger partial charge in [0.15, 0.2) is 0 Å². The van der Waals surface area contributed by atoms with Gasteiger partial charge in [0.05, 0.1) is 23.8 Å². The fourth-order valence-corrected chi connectivity index (χ4v) is 3.16. The minimum Gasteiger partial charge on any atom is -0.354 e. The standard InChI is InChI=1S/C21H23F2N7O/c1-21(2,3)11-27-20-26-8-14-13(7-24-18(14)29-20)12-4-5-30-16(6-12)15(9-28-30)19(31)25-10-17(22)23/h4-9,17H,10-11H2,1-3H3,(H,25,31)(H2,24,26,27,29). The lowest BCUT2D eigenvalue weighted by Gasteiger charge is -2.18. The van der Waals surface area contributed by atoms with Gasteiger partial charge in [-0.3, -0.25) is 4.79 Å². The summed E-state index contributed by atoms with van der Waals surface area (Å²) in [5.74, 6) is -0.0515. The predicted molar refractivity (Wildman–Crippen MR) is 114 cm³/mol. The van der Waals surface area contributed by atoms with Gasteiger partial charge in [0.1, 0.15) is 5.65 Å². The average molecular weight is 427 g/mol. The van der Waals surface area contributed by atoms with Crippen LogP contribution in [0, 0.1) is 5.41 Å². The van der Waals surface area contributed by atoms with Gasteiger partial charge in [-0.25, -0.2) is 18.3 Å². The van der Waals surface area contributed by atoms with Gasteiger partial charge in [0.2, 0.25) is 5.95 Å². The molecule has 10 heteroatoms. The fraction of sp³-hybridized carbons (Fsp3) is 0.333. The Morgan fingerprint density at radius 2 is 2.10 bits per heavy atom. The van der Waals surface area contributed by atoms with Gasteiger partial charge in [0, 0.05) is 36.1 Å². The molecule has 4 aromatic rings. The zero-order valence-corrected chi connectivity index (χ0v) is 17.4. The van der Waals surface area contributed by atoms with Crippen LogP contribution in [0.4, 0.5) is 14.7 Å². The molecule has 162 valence electrons. The van der Waals surface area contributed by atoms with Gasteiger partial charge in [-0.1, -0.05) is 20.8 Å². The Bertz CT molecular complexity index is 1240. The van der Waals surface area contributed by atoms with E-state index in [1.807, 2.05) is 12.3 Å². The van der Waals surface area contributed by atoms with Gasteiger partial charge in [0.25, 0.3) is 12.3 Å². The molecule has 31 heavy (non-hydrogen) atoms. The third kappa shape index (κ3) is 4.47. The van der Waals surface area contributed by atoms with E-state index in [4.69, 9.17) is 0 Å². The Labute approximate surface area is 177 Å². The number of anilines is 1. The van der Waals surface area contributed by atoms with Crippen LogP contribution in [0.5, 0.6) is 0 Å². The van der Waals surface area contributed by atoms with E-state index in [1.165, 1.54) is 10.7 Å². The highest BCUT2D eigenvalue weighted by Gasteiger charge is 2.17. The van der Waals surface area contributed by atoms with Crippen molar-refractivity contribution < 1.29 is 13.6 Å². The number of hydrogen-bond donors (Lipinski definition) is 3. The first-order chi connectivity index (χ1) is 14.7. The van der Waals surface area contributed by atoms with Crippen molar-refractivity contribution in [3.05, 3.63) is 42.5 Å². The van der Waals surface area contributed by atoms with E-state index in [0.29, 0.717) is 17.1 Å². The lowest BCUT2D eigenvalue weighted by Crippen LogP contribution is -2.28. The molecule has 0 aromatic carbocycles. The third-order valence-corrected chi connectivity index (χ3v) is 4.70. The molecule has 3 N–H and O–H groups in total. The molecular formula is C21H23F2N7O. The molecule has 0 aliphatic carbocycles. The predicted octanol–water partition coefficient (Wildman–Crippen LogP) is 3.73. The Morgan fingerprint density at radius 1 is 1.29 bits per heavy atom. The van der Waals surface area contributed by atoms with Gasteiger partial charge in [-0.2, -0.15) is 10.1 Å². The van der Waals surface area contributed by atoms with E-state index >= 15 is 0 Å². The first-order valence-corrected chi connectivity index (χ1v) is 9.83. The summed E-state index contributed by atoms with van der Waals surface area (Å²) in [7, 11) is 0. The normalized spacial score (nSPS) is 12.1. The van der Waals surface area contributed by atoms with Crippen LogP contribution in [0.15, 0.2) is 36.9 Å². The molecule has 0 bridgehead atoms. The van der Waals surface area contributed by atoms with Crippen LogP contribution in [-0.4, -0.2) is 50.0 Å². The first kappa shape index (κ1) is 20.7. The van der Waals surface area contributed by atoms with Crippen molar-refractivity contribution >= 4 is 28.4 Å². The summed E-state index contributed by atoms with van der Waals surface area (Å²) >= 11 is 0. The molecule has 4 heterocycles. The van der Waals surface area contributed by atoms with Crippen LogP contribution < -0.4 is 10.6 Å². The van der Waals surface area contributed by atoms with Crippen LogP contribution in [0.1, 0.15) is 31.1 Å². The van der Waals surface area contributed by atoms with Gasteiger partial charge in [-0.15, -0.1) is 0 Å². The number of nitrogens with one attached hydrogen (secondary N) is 3. The number of hydrogen-bond acceptors (Lipinski definition) is 5. The number of nitrogens with zero attached hydrogens (tertiary/aromatic N) is 4. The van der Waals surface area contributed by atoms with Crippen LogP contribution in [0.25, 0.3) is 27.7 Å². The number of fused-ring (bicyclic) bond motifs is 2. The Kier molecular flexibility index (Phi) is 5.30. The van der Waals surface area contributed by atoms with Crippen molar-refractivity contribution in [2.45, 2.75) is 27.2 Å². The molecule has 4 aromatic heterocycles. The Balaban J connectivity index is 1.65. The molecule has 4 rings (SSSR count). The Morgan fingerprint density at radius 3 is 2.84 bits per heavy atom. The molecule has 0 aliphatic heterocycles. The van der Waals surface area contributed by atoms with Crippen molar-refractivity contribution in [3.63, 3.8) is 0 Å². The first-order valence-electron chi connectivity index (χ1n) is 9.83. The molecule has 0 atom stereocenters. The smallest absolute Gasteiger partial charge is 0.255 e. The van der Waals surface area contributed by atoms with Crippen LogP contribution in [0.3, 0.4) is 0 Å². The molecule has 0 unspecified atom stereocenters. The van der Waals surface area contributed by atoms with E-state index in [0.717, 1.165) is 23.1 Å². The second-order valence-corrected chi connectivity index (χ2v) is 8.48. The lowest BCUT2D eigenvalue weighted by molar-refractivity contribution is 0.0893. The number of carbonyl (C=O) groups excluding carboxylic acids is 1. The number of halogens is 2. The molecule has 1 amide bonds. The van der Waals surface area contributed by atoms with Crippen LogP contribution in [-0.2, 0) is 0 Å². The molecule has 0 saturated heterocycles. The zero-order chi connectivity index (χ0) is 22.2. The summed E-state index contributed by atoms with van der Waals surface area (Å²) in [6, 6.07) is 3.65. The third-order valence-electron chi connectivity index (χ3n) is 4.70. The Hall–Kier alpha value is -3.56. The minimum atomic E-state index is -2.62. The number of aromatic nitrogens is 5. The number of H-pyrrole nitrogens is 1. The maximum atomic E-state index is 12.4. The summed E-state index contributed by atoms with van der Waals surface area (Å²) in [6.45, 7) is 6.40. The molecule has 8 nitrogen and oxygen atoms in total. The zero-order valence-electron chi connectivity index (χ0n) is 17.4. The SMILES string of the molecule is CC(C)(C)CNc1ncc2c(-c3ccn4ncc(C(=O)NCC(F)F)c4c3)c[nH]c2n1. The van der Waals surface area contributed by atoms with Gasteiger partial charge in [-0.05, 0) is 23.1 Å². The molecule has 0 aliphatic rings. The average Bonchev–Trinajstić information content (AvgIpc) is 3.33. The number of aromatic amines is 1. The summed E-state index contributed by atoms with van der Waals surface area (Å²) in [5, 5.41) is 10.4. The van der Waals surface area contributed by atoms with Crippen molar-refractivity contribution in [2.24, 2.45) is 5.41 Å². The van der Waals surface area contributed by atoms with E-state index in [2.05, 4.69) is 51.5 Å². The number of carbonyl (C=O) groups is 1. The van der Waals surface area contributed by atoms with Crippen molar-refractivity contribution in [3.8, 4) is 11.1 Å². The molecule has 0 saturated carbocycles. The van der Waals surface area contributed by atoms with E-state index in [9.17, 15) is 13.6 Å². The van der Waals surface area contributed by atoms with Crippen molar-refractivity contribution in [1.29, 1.82) is 0 Å². The van der Waals surface area contributed by atoms with E-state index < -0.39 is 18.9 Å². The number of amides is 1. The van der Waals surface area contributed by atoms with Crippen molar-refractivity contribution in [2.75, 3.05) is 18.4 Å². The molecule has 0 spiro atoms. The summed E-state index contributed by atoms with van der Waals surface area (Å²) in [6.07, 6.45) is 4.04.